The molecule has 0 aliphatic carbocycles. The van der Waals surface area contributed by atoms with E-state index >= 15 is 0 Å². The Hall–Kier alpha value is -3.68. The van der Waals surface area contributed by atoms with Crippen LogP contribution >= 0.6 is 0 Å². The van der Waals surface area contributed by atoms with E-state index < -0.39 is 0 Å². The van der Waals surface area contributed by atoms with Gasteiger partial charge in [-0.05, 0) is 37.8 Å². The van der Waals surface area contributed by atoms with Gasteiger partial charge in [-0.3, -0.25) is 15.2 Å². The van der Waals surface area contributed by atoms with Crippen molar-refractivity contribution >= 4 is 34.9 Å². The molecule has 0 aromatic carbocycles. The smallest absolute Gasteiger partial charge is 0.159 e. The Labute approximate surface area is 173 Å². The summed E-state index contributed by atoms with van der Waals surface area (Å²) in [6, 6.07) is 0. The molecule has 4 aromatic heterocycles. The summed E-state index contributed by atoms with van der Waals surface area (Å²) < 4.78 is 0. The quantitative estimate of drug-likeness (QED) is 0.488. The Morgan fingerprint density at radius 2 is 2.03 bits per heavy atom. The highest BCUT2D eigenvalue weighted by atomic mass is 15.2. The van der Waals surface area contributed by atoms with Crippen molar-refractivity contribution in [3.63, 3.8) is 0 Å². The Bertz CT molecular complexity index is 1300. The highest BCUT2D eigenvalue weighted by Gasteiger charge is 2.18. The average molecular weight is 400 g/mol. The first-order chi connectivity index (χ1) is 14.7. The van der Waals surface area contributed by atoms with E-state index in [1.54, 1.807) is 6.20 Å². The molecule has 8 heteroatoms. The molecule has 1 fully saturated rings. The number of nitrogens with one attached hydrogen (secondary N) is 3. The van der Waals surface area contributed by atoms with Crippen molar-refractivity contribution in [2.75, 3.05) is 18.0 Å². The number of imidazole rings is 1. The van der Waals surface area contributed by atoms with Gasteiger partial charge in [-0.1, -0.05) is 12.7 Å². The molecule has 152 valence electrons. The lowest BCUT2D eigenvalue weighted by atomic mass is 10.1. The van der Waals surface area contributed by atoms with Crippen molar-refractivity contribution in [1.82, 2.24) is 35.3 Å². The lowest BCUT2D eigenvalue weighted by molar-refractivity contribution is 0.578. The van der Waals surface area contributed by atoms with Gasteiger partial charge in [0.05, 0.1) is 35.1 Å². The lowest BCUT2D eigenvalue weighted by Gasteiger charge is -2.28. The monoisotopic (exact) mass is 400 g/mol. The van der Waals surface area contributed by atoms with Crippen LogP contribution in [0.15, 0.2) is 30.9 Å². The van der Waals surface area contributed by atoms with Gasteiger partial charge in [-0.15, -0.1) is 0 Å². The lowest BCUT2D eigenvalue weighted by Crippen LogP contribution is -2.29. The molecule has 5 rings (SSSR count). The summed E-state index contributed by atoms with van der Waals surface area (Å²) in [5.74, 6) is 0.702. The molecule has 0 unspecified atom stereocenters. The standard InChI is InChI=1S/C22H24N8/c1-14(16-10-24-25-11-16)6-7-17-15(2)20(29-28-17)22-26-18-12-23-13-19(21(18)27-22)30-8-4-3-5-9-30/h6-7,10-13,28H,2-5,8-9H2,1H3,(H,24,25)(H,26,27)/b14-6+,17-7+. The molecule has 4 aromatic rings. The van der Waals surface area contributed by atoms with Gasteiger partial charge in [0.15, 0.2) is 5.82 Å². The van der Waals surface area contributed by atoms with Crippen molar-refractivity contribution < 1.29 is 0 Å². The van der Waals surface area contributed by atoms with Gasteiger partial charge in [0.25, 0.3) is 0 Å². The summed E-state index contributed by atoms with van der Waals surface area (Å²) in [5.41, 5.74) is 5.80. The van der Waals surface area contributed by atoms with Crippen LogP contribution in [0.3, 0.4) is 0 Å². The molecule has 8 nitrogen and oxygen atoms in total. The predicted octanol–water partition coefficient (Wildman–Crippen LogP) is 2.36. The van der Waals surface area contributed by atoms with Gasteiger partial charge in [0.1, 0.15) is 11.2 Å². The van der Waals surface area contributed by atoms with E-state index in [2.05, 4.69) is 41.8 Å². The first-order valence-electron chi connectivity index (χ1n) is 10.2. The number of fused-ring (bicyclic) bond motifs is 1. The molecule has 0 spiro atoms. The molecule has 1 saturated heterocycles. The number of aromatic amines is 3. The van der Waals surface area contributed by atoms with Crippen LogP contribution in [-0.2, 0) is 0 Å². The minimum Gasteiger partial charge on any atom is -0.368 e. The molecule has 0 atom stereocenters. The first kappa shape index (κ1) is 18.4. The summed E-state index contributed by atoms with van der Waals surface area (Å²) >= 11 is 0. The highest BCUT2D eigenvalue weighted by molar-refractivity contribution is 5.89. The number of hydrogen-bond acceptors (Lipinski definition) is 5. The fourth-order valence-electron chi connectivity index (χ4n) is 3.88. The molecule has 0 radical (unpaired) electrons. The number of H-pyrrole nitrogens is 3. The van der Waals surface area contributed by atoms with E-state index in [0.29, 0.717) is 5.82 Å². The predicted molar refractivity (Wildman–Crippen MR) is 119 cm³/mol. The second kappa shape index (κ2) is 7.62. The number of aromatic nitrogens is 7. The van der Waals surface area contributed by atoms with Crippen molar-refractivity contribution in [1.29, 1.82) is 0 Å². The third-order valence-electron chi connectivity index (χ3n) is 5.65. The molecule has 30 heavy (non-hydrogen) atoms. The minimum atomic E-state index is 0.702. The molecular formula is C22H24N8. The fraction of sp³-hybridized carbons (Fsp3) is 0.273. The van der Waals surface area contributed by atoms with Gasteiger partial charge >= 0.3 is 0 Å². The summed E-state index contributed by atoms with van der Waals surface area (Å²) in [5, 5.41) is 16.0. The highest BCUT2D eigenvalue weighted by Crippen LogP contribution is 2.27. The largest absolute Gasteiger partial charge is 0.368 e. The number of piperidine rings is 1. The third kappa shape index (κ3) is 3.30. The number of rotatable bonds is 4. The van der Waals surface area contributed by atoms with E-state index in [1.807, 2.05) is 37.7 Å². The Morgan fingerprint density at radius 1 is 1.17 bits per heavy atom. The van der Waals surface area contributed by atoms with Gasteiger partial charge in [-0.25, -0.2) is 4.98 Å². The van der Waals surface area contributed by atoms with Crippen LogP contribution in [0.25, 0.3) is 40.8 Å². The van der Waals surface area contributed by atoms with Crippen molar-refractivity contribution in [2.45, 2.75) is 26.2 Å². The minimum absolute atomic E-state index is 0.702. The molecule has 3 N–H and O–H groups in total. The van der Waals surface area contributed by atoms with E-state index in [1.165, 1.54) is 19.3 Å². The third-order valence-corrected chi connectivity index (χ3v) is 5.65. The van der Waals surface area contributed by atoms with Crippen LogP contribution in [-0.4, -0.2) is 48.4 Å². The number of allylic oxidation sites excluding steroid dienone is 2. The van der Waals surface area contributed by atoms with Gasteiger partial charge < -0.3 is 9.88 Å². The number of nitrogens with zero attached hydrogens (tertiary/aromatic N) is 5. The summed E-state index contributed by atoms with van der Waals surface area (Å²) in [7, 11) is 0. The Morgan fingerprint density at radius 3 is 2.83 bits per heavy atom. The Kier molecular flexibility index (Phi) is 4.66. The Balaban J connectivity index is 1.51. The maximum atomic E-state index is 4.87. The van der Waals surface area contributed by atoms with Crippen molar-refractivity contribution in [2.24, 2.45) is 0 Å². The first-order valence-corrected chi connectivity index (χ1v) is 10.2. The molecule has 1 aliphatic heterocycles. The topological polar surface area (TPSA) is 102 Å². The summed E-state index contributed by atoms with van der Waals surface area (Å²) in [4.78, 5) is 15.0. The molecule has 5 heterocycles. The molecule has 0 bridgehead atoms. The second-order valence-corrected chi connectivity index (χ2v) is 7.66. The summed E-state index contributed by atoms with van der Waals surface area (Å²) in [6.07, 6.45) is 15.1. The van der Waals surface area contributed by atoms with Gasteiger partial charge in [0.2, 0.25) is 0 Å². The molecular weight excluding hydrogens is 376 g/mol. The fourth-order valence-corrected chi connectivity index (χ4v) is 3.88. The van der Waals surface area contributed by atoms with E-state index in [4.69, 9.17) is 4.98 Å². The molecule has 0 saturated carbocycles. The number of anilines is 1. The maximum absolute atomic E-state index is 4.87. The van der Waals surface area contributed by atoms with Gasteiger partial charge in [-0.2, -0.15) is 10.2 Å². The van der Waals surface area contributed by atoms with Crippen molar-refractivity contribution in [3.05, 3.63) is 47.0 Å². The second-order valence-electron chi connectivity index (χ2n) is 7.66. The average Bonchev–Trinajstić information content (AvgIpc) is 3.52. The van der Waals surface area contributed by atoms with Crippen LogP contribution in [0.1, 0.15) is 31.7 Å². The van der Waals surface area contributed by atoms with Crippen LogP contribution in [0, 0.1) is 0 Å². The molecule has 1 aliphatic rings. The zero-order chi connectivity index (χ0) is 20.5. The van der Waals surface area contributed by atoms with Crippen LogP contribution in [0.2, 0.25) is 0 Å². The maximum Gasteiger partial charge on any atom is 0.159 e. The normalized spacial score (nSPS) is 16.0. The van der Waals surface area contributed by atoms with E-state index in [-0.39, 0.29) is 0 Å². The van der Waals surface area contributed by atoms with Crippen LogP contribution in [0.4, 0.5) is 5.69 Å². The summed E-state index contributed by atoms with van der Waals surface area (Å²) in [6.45, 7) is 8.36. The van der Waals surface area contributed by atoms with E-state index in [0.717, 1.165) is 57.2 Å². The van der Waals surface area contributed by atoms with E-state index in [9.17, 15) is 0 Å². The zero-order valence-electron chi connectivity index (χ0n) is 16.9. The number of pyridine rings is 1. The van der Waals surface area contributed by atoms with Crippen molar-refractivity contribution in [3.8, 4) is 11.5 Å². The van der Waals surface area contributed by atoms with Crippen LogP contribution in [0.5, 0.6) is 0 Å². The van der Waals surface area contributed by atoms with Crippen LogP contribution < -0.4 is 15.5 Å². The van der Waals surface area contributed by atoms with Gasteiger partial charge in [0, 0.05) is 30.1 Å². The molecule has 0 amide bonds. The number of hydrogen-bond donors (Lipinski definition) is 3. The zero-order valence-corrected chi connectivity index (χ0v) is 16.9. The SMILES string of the molecule is C=c1c(-c2nc3c(N4CCCCC4)cncc3[nH]2)n[nH]/c1=C/C=C(\C)c1cn[nH]c1.